The van der Waals surface area contributed by atoms with Gasteiger partial charge in [-0.25, -0.2) is 4.39 Å². The van der Waals surface area contributed by atoms with E-state index in [1.54, 1.807) is 24.3 Å². The van der Waals surface area contributed by atoms with Crippen LogP contribution in [0.3, 0.4) is 0 Å². The number of esters is 1. The molecule has 3 nitrogen and oxygen atoms in total. The van der Waals surface area contributed by atoms with Crippen LogP contribution in [0, 0.1) is 5.82 Å². The van der Waals surface area contributed by atoms with E-state index in [2.05, 4.69) is 6.58 Å². The second-order valence-electron chi connectivity index (χ2n) is 4.50. The molecule has 0 aliphatic rings. The number of hydrogen-bond acceptors (Lipinski definition) is 3. The van der Waals surface area contributed by atoms with Crippen molar-refractivity contribution in [1.82, 2.24) is 0 Å². The molecule has 21 heavy (non-hydrogen) atoms. The van der Waals surface area contributed by atoms with Crippen molar-refractivity contribution in [3.8, 4) is 16.9 Å². The molecule has 0 heterocycles. The largest absolute Gasteiger partial charge is 0.508 e. The van der Waals surface area contributed by atoms with E-state index in [-0.39, 0.29) is 24.3 Å². The average molecular weight is 286 g/mol. The molecule has 0 amide bonds. The minimum Gasteiger partial charge on any atom is -0.508 e. The SMILES string of the molecule is C=CCOC(=O)Cc1ccc(-c2ccc(O)cc2)cc1F. The van der Waals surface area contributed by atoms with Crippen LogP contribution >= 0.6 is 0 Å². The predicted molar refractivity (Wildman–Crippen MR) is 78.4 cm³/mol. The molecule has 0 atom stereocenters. The summed E-state index contributed by atoms with van der Waals surface area (Å²) in [5, 5.41) is 9.24. The van der Waals surface area contributed by atoms with Crippen LogP contribution in [0.15, 0.2) is 55.1 Å². The average Bonchev–Trinajstić information content (AvgIpc) is 2.48. The number of phenolic OH excluding ortho intramolecular Hbond substituents is 1. The van der Waals surface area contributed by atoms with Gasteiger partial charge in [0.1, 0.15) is 18.2 Å². The number of hydrogen-bond donors (Lipinski definition) is 1. The molecule has 0 saturated heterocycles. The molecular weight excluding hydrogens is 271 g/mol. The molecule has 2 rings (SSSR count). The summed E-state index contributed by atoms with van der Waals surface area (Å²) >= 11 is 0. The van der Waals surface area contributed by atoms with Gasteiger partial charge in [-0.3, -0.25) is 4.79 Å². The Balaban J connectivity index is 2.15. The monoisotopic (exact) mass is 286 g/mol. The highest BCUT2D eigenvalue weighted by Crippen LogP contribution is 2.24. The number of benzene rings is 2. The molecule has 0 aromatic heterocycles. The standard InChI is InChI=1S/C17H15FO3/c1-2-9-21-17(20)11-14-4-3-13(10-16(14)18)12-5-7-15(19)8-6-12/h2-8,10,19H,1,9,11H2. The molecule has 2 aromatic carbocycles. The summed E-state index contributed by atoms with van der Waals surface area (Å²) in [6.45, 7) is 3.56. The van der Waals surface area contributed by atoms with Crippen molar-refractivity contribution in [2.75, 3.05) is 6.61 Å². The van der Waals surface area contributed by atoms with E-state index in [0.29, 0.717) is 5.56 Å². The Labute approximate surface area is 122 Å². The molecule has 1 N–H and O–H groups in total. The maximum atomic E-state index is 14.0. The van der Waals surface area contributed by atoms with Gasteiger partial charge in [-0.05, 0) is 34.9 Å². The first-order valence-corrected chi connectivity index (χ1v) is 6.44. The zero-order chi connectivity index (χ0) is 15.2. The van der Waals surface area contributed by atoms with Crippen molar-refractivity contribution < 1.29 is 19.0 Å². The van der Waals surface area contributed by atoms with Crippen molar-refractivity contribution in [2.24, 2.45) is 0 Å². The molecule has 4 heteroatoms. The van der Waals surface area contributed by atoms with Gasteiger partial charge in [0.2, 0.25) is 0 Å². The highest BCUT2D eigenvalue weighted by molar-refractivity contribution is 5.73. The molecule has 0 radical (unpaired) electrons. The van der Waals surface area contributed by atoms with Crippen molar-refractivity contribution >= 4 is 5.97 Å². The van der Waals surface area contributed by atoms with Crippen LogP contribution in [0.4, 0.5) is 4.39 Å². The van der Waals surface area contributed by atoms with Crippen LogP contribution in [0.2, 0.25) is 0 Å². The fourth-order valence-corrected chi connectivity index (χ4v) is 1.88. The van der Waals surface area contributed by atoms with Crippen molar-refractivity contribution in [1.29, 1.82) is 0 Å². The van der Waals surface area contributed by atoms with Gasteiger partial charge >= 0.3 is 5.97 Å². The molecular formula is C17H15FO3. The van der Waals surface area contributed by atoms with Crippen LogP contribution in [0.25, 0.3) is 11.1 Å². The van der Waals surface area contributed by atoms with Gasteiger partial charge in [0.05, 0.1) is 6.42 Å². The summed E-state index contributed by atoms with van der Waals surface area (Å²) in [6, 6.07) is 11.1. The minimum absolute atomic E-state index is 0.116. The zero-order valence-corrected chi connectivity index (χ0v) is 11.4. The quantitative estimate of drug-likeness (QED) is 0.676. The van der Waals surface area contributed by atoms with Gasteiger partial charge in [-0.1, -0.05) is 36.9 Å². The fraction of sp³-hybridized carbons (Fsp3) is 0.118. The topological polar surface area (TPSA) is 46.5 Å². The van der Waals surface area contributed by atoms with Crippen LogP contribution in [-0.2, 0) is 16.0 Å². The van der Waals surface area contributed by atoms with Gasteiger partial charge in [0.25, 0.3) is 0 Å². The number of carbonyl (C=O) groups excluding carboxylic acids is 1. The summed E-state index contributed by atoms with van der Waals surface area (Å²) in [7, 11) is 0. The molecule has 2 aromatic rings. The van der Waals surface area contributed by atoms with Gasteiger partial charge in [0, 0.05) is 0 Å². The Morgan fingerprint density at radius 2 is 1.86 bits per heavy atom. The summed E-state index contributed by atoms with van der Waals surface area (Å²) in [4.78, 5) is 11.5. The van der Waals surface area contributed by atoms with Crippen molar-refractivity contribution in [3.63, 3.8) is 0 Å². The maximum absolute atomic E-state index is 14.0. The third-order valence-corrected chi connectivity index (χ3v) is 2.95. The number of aromatic hydroxyl groups is 1. The first-order valence-electron chi connectivity index (χ1n) is 6.44. The van der Waals surface area contributed by atoms with Gasteiger partial charge in [0.15, 0.2) is 0 Å². The second-order valence-corrected chi connectivity index (χ2v) is 4.50. The Hall–Kier alpha value is -2.62. The van der Waals surface area contributed by atoms with Crippen molar-refractivity contribution in [2.45, 2.75) is 6.42 Å². The minimum atomic E-state index is -0.494. The van der Waals surface area contributed by atoms with E-state index in [9.17, 15) is 14.3 Å². The van der Waals surface area contributed by atoms with E-state index in [4.69, 9.17) is 4.74 Å². The molecule has 0 bridgehead atoms. The molecule has 0 saturated carbocycles. The first-order chi connectivity index (χ1) is 10.1. The lowest BCUT2D eigenvalue weighted by Gasteiger charge is -2.07. The van der Waals surface area contributed by atoms with Crippen LogP contribution in [-0.4, -0.2) is 17.7 Å². The number of ether oxygens (including phenoxy) is 1. The summed E-state index contributed by atoms with van der Waals surface area (Å²) in [5.41, 5.74) is 1.75. The fourth-order valence-electron chi connectivity index (χ4n) is 1.88. The van der Waals surface area contributed by atoms with Crippen molar-refractivity contribution in [3.05, 3.63) is 66.5 Å². The van der Waals surface area contributed by atoms with E-state index in [1.807, 2.05) is 0 Å². The zero-order valence-electron chi connectivity index (χ0n) is 11.4. The lowest BCUT2D eigenvalue weighted by atomic mass is 10.0. The Kier molecular flexibility index (Phi) is 4.72. The van der Waals surface area contributed by atoms with Gasteiger partial charge < -0.3 is 9.84 Å². The molecule has 0 fully saturated rings. The van der Waals surface area contributed by atoms with E-state index < -0.39 is 11.8 Å². The van der Waals surface area contributed by atoms with Crippen LogP contribution in [0.1, 0.15) is 5.56 Å². The summed E-state index contributed by atoms with van der Waals surface area (Å²) in [5.74, 6) is -0.803. The highest BCUT2D eigenvalue weighted by Gasteiger charge is 2.10. The summed E-state index contributed by atoms with van der Waals surface area (Å²) < 4.78 is 18.8. The Bertz CT molecular complexity index is 648. The second kappa shape index (κ2) is 6.70. The predicted octanol–water partition coefficient (Wildman–Crippen LogP) is 3.47. The first kappa shape index (κ1) is 14.8. The molecule has 0 spiro atoms. The molecule has 0 unspecified atom stereocenters. The van der Waals surface area contributed by atoms with Crippen LogP contribution in [0.5, 0.6) is 5.75 Å². The van der Waals surface area contributed by atoms with Gasteiger partial charge in [-0.15, -0.1) is 0 Å². The maximum Gasteiger partial charge on any atom is 0.310 e. The van der Waals surface area contributed by atoms with Crippen LogP contribution < -0.4 is 0 Å². The number of rotatable bonds is 5. The normalized spacial score (nSPS) is 10.1. The number of phenols is 1. The highest BCUT2D eigenvalue weighted by atomic mass is 19.1. The van der Waals surface area contributed by atoms with E-state index in [0.717, 1.165) is 5.56 Å². The van der Waals surface area contributed by atoms with E-state index in [1.165, 1.54) is 24.3 Å². The smallest absolute Gasteiger partial charge is 0.310 e. The Morgan fingerprint density at radius 1 is 1.19 bits per heavy atom. The molecule has 0 aliphatic carbocycles. The Morgan fingerprint density at radius 3 is 2.48 bits per heavy atom. The van der Waals surface area contributed by atoms with E-state index >= 15 is 0 Å². The third-order valence-electron chi connectivity index (χ3n) is 2.95. The lowest BCUT2D eigenvalue weighted by molar-refractivity contribution is -0.141. The summed E-state index contributed by atoms with van der Waals surface area (Å²) in [6.07, 6.45) is 1.34. The number of carbonyl (C=O) groups is 1. The molecule has 0 aliphatic heterocycles. The van der Waals surface area contributed by atoms with Gasteiger partial charge in [-0.2, -0.15) is 0 Å². The number of halogens is 1. The molecule has 108 valence electrons. The lowest BCUT2D eigenvalue weighted by Crippen LogP contribution is -2.09. The third kappa shape index (κ3) is 3.92.